The first kappa shape index (κ1) is 12.9. The van der Waals surface area contributed by atoms with E-state index in [1.807, 2.05) is 0 Å². The maximum atomic E-state index is 11.5. The van der Waals surface area contributed by atoms with E-state index in [0.29, 0.717) is 17.9 Å². The van der Waals surface area contributed by atoms with Crippen LogP contribution in [0.2, 0.25) is 5.02 Å². The van der Waals surface area contributed by atoms with E-state index in [2.05, 4.69) is 10.3 Å². The van der Waals surface area contributed by atoms with Gasteiger partial charge in [-0.3, -0.25) is 9.00 Å². The smallest absolute Gasteiger partial charge is 0.252 e. The number of aromatic nitrogens is 1. The van der Waals surface area contributed by atoms with Crippen LogP contribution >= 0.6 is 11.6 Å². The van der Waals surface area contributed by atoms with Crippen LogP contribution in [0.25, 0.3) is 0 Å². The Morgan fingerprint density at radius 2 is 2.38 bits per heavy atom. The number of nitrogens with zero attached hydrogens (tertiary/aromatic N) is 1. The molecule has 0 saturated heterocycles. The Morgan fingerprint density at radius 1 is 1.69 bits per heavy atom. The lowest BCUT2D eigenvalue weighted by atomic mass is 10.2. The number of pyridine rings is 1. The van der Waals surface area contributed by atoms with Crippen LogP contribution in [0.15, 0.2) is 12.3 Å². The Labute approximate surface area is 101 Å². The second-order valence-electron chi connectivity index (χ2n) is 3.12. The van der Waals surface area contributed by atoms with Crippen molar-refractivity contribution < 1.29 is 9.00 Å². The van der Waals surface area contributed by atoms with Crippen LogP contribution < -0.4 is 11.1 Å². The molecule has 0 spiro atoms. The van der Waals surface area contributed by atoms with Gasteiger partial charge in [0.15, 0.2) is 0 Å². The number of nitrogen functional groups attached to an aromatic ring is 1. The summed E-state index contributed by atoms with van der Waals surface area (Å²) in [6.07, 6.45) is 2.92. The Balaban J connectivity index is 2.59. The summed E-state index contributed by atoms with van der Waals surface area (Å²) in [7, 11) is -0.923. The van der Waals surface area contributed by atoms with Gasteiger partial charge < -0.3 is 11.1 Å². The molecule has 1 amide bonds. The molecule has 1 heterocycles. The van der Waals surface area contributed by atoms with Crippen LogP contribution in [0.4, 0.5) is 5.82 Å². The molecule has 1 rings (SSSR count). The van der Waals surface area contributed by atoms with Gasteiger partial charge in [0, 0.05) is 35.5 Å². The van der Waals surface area contributed by atoms with Crippen LogP contribution in [-0.2, 0) is 10.8 Å². The minimum absolute atomic E-state index is 0.188. The SMILES string of the molecule is CS(=O)CCNC(=O)c1cnc(N)c(Cl)c1. The molecular weight excluding hydrogens is 250 g/mol. The standard InChI is InChI=1S/C9H12ClN3O2S/c1-16(15)3-2-12-9(14)6-4-7(10)8(11)13-5-6/h4-5H,2-3H2,1H3,(H2,11,13)(H,12,14). The number of nitrogens with two attached hydrogens (primary N) is 1. The predicted octanol–water partition coefficient (Wildman–Crippen LogP) is 0.425. The number of hydrogen-bond acceptors (Lipinski definition) is 4. The molecule has 1 atom stereocenters. The van der Waals surface area contributed by atoms with Crippen LogP contribution in [0.5, 0.6) is 0 Å². The number of amides is 1. The van der Waals surface area contributed by atoms with Crippen molar-refractivity contribution in [3.8, 4) is 0 Å². The molecule has 0 aromatic carbocycles. The van der Waals surface area contributed by atoms with Crippen molar-refractivity contribution in [2.45, 2.75) is 0 Å². The lowest BCUT2D eigenvalue weighted by Crippen LogP contribution is -2.27. The number of nitrogens with one attached hydrogen (secondary N) is 1. The second kappa shape index (κ2) is 5.81. The molecule has 5 nitrogen and oxygen atoms in total. The van der Waals surface area contributed by atoms with E-state index in [9.17, 15) is 9.00 Å². The Bertz CT molecular complexity index is 425. The molecule has 88 valence electrons. The zero-order chi connectivity index (χ0) is 12.1. The van der Waals surface area contributed by atoms with E-state index < -0.39 is 10.8 Å². The molecule has 1 unspecified atom stereocenters. The van der Waals surface area contributed by atoms with Gasteiger partial charge in [-0.15, -0.1) is 0 Å². The zero-order valence-corrected chi connectivity index (χ0v) is 10.3. The Kier molecular flexibility index (Phi) is 4.70. The van der Waals surface area contributed by atoms with Crippen molar-refractivity contribution in [1.29, 1.82) is 0 Å². The zero-order valence-electron chi connectivity index (χ0n) is 8.70. The molecule has 7 heteroatoms. The summed E-state index contributed by atoms with van der Waals surface area (Å²) < 4.78 is 10.8. The maximum Gasteiger partial charge on any atom is 0.252 e. The van der Waals surface area contributed by atoms with Gasteiger partial charge in [-0.05, 0) is 6.07 Å². The highest BCUT2D eigenvalue weighted by Crippen LogP contribution is 2.16. The van der Waals surface area contributed by atoms with Crippen LogP contribution in [0.3, 0.4) is 0 Å². The van der Waals surface area contributed by atoms with Crippen molar-refractivity contribution in [3.63, 3.8) is 0 Å². The normalized spacial score (nSPS) is 12.1. The lowest BCUT2D eigenvalue weighted by Gasteiger charge is -2.04. The summed E-state index contributed by atoms with van der Waals surface area (Å²) in [6, 6.07) is 1.45. The highest BCUT2D eigenvalue weighted by atomic mass is 35.5. The van der Waals surface area contributed by atoms with Gasteiger partial charge in [0.1, 0.15) is 5.82 Å². The molecule has 0 fully saturated rings. The fourth-order valence-corrected chi connectivity index (χ4v) is 1.54. The van der Waals surface area contributed by atoms with Crippen LogP contribution in [-0.4, -0.2) is 33.7 Å². The minimum Gasteiger partial charge on any atom is -0.382 e. The first-order chi connectivity index (χ1) is 7.50. The molecule has 3 N–H and O–H groups in total. The van der Waals surface area contributed by atoms with Gasteiger partial charge >= 0.3 is 0 Å². The highest BCUT2D eigenvalue weighted by molar-refractivity contribution is 7.84. The van der Waals surface area contributed by atoms with Gasteiger partial charge in [0.05, 0.1) is 10.6 Å². The van der Waals surface area contributed by atoms with E-state index >= 15 is 0 Å². The van der Waals surface area contributed by atoms with E-state index in [4.69, 9.17) is 17.3 Å². The topological polar surface area (TPSA) is 85.1 Å². The van der Waals surface area contributed by atoms with Gasteiger partial charge in [0.25, 0.3) is 5.91 Å². The highest BCUT2D eigenvalue weighted by Gasteiger charge is 2.08. The number of rotatable bonds is 4. The molecule has 0 saturated carbocycles. The Morgan fingerprint density at radius 3 is 2.94 bits per heavy atom. The summed E-state index contributed by atoms with van der Waals surface area (Å²) in [6.45, 7) is 0.351. The van der Waals surface area contributed by atoms with Crippen molar-refractivity contribution in [1.82, 2.24) is 10.3 Å². The molecule has 0 bridgehead atoms. The number of carbonyl (C=O) groups excluding carboxylic acids is 1. The van der Waals surface area contributed by atoms with Crippen molar-refractivity contribution in [2.75, 3.05) is 24.3 Å². The van der Waals surface area contributed by atoms with Gasteiger partial charge in [-0.2, -0.15) is 0 Å². The van der Waals surface area contributed by atoms with Gasteiger partial charge in [-0.25, -0.2) is 4.98 Å². The summed E-state index contributed by atoms with van der Waals surface area (Å²) in [5.41, 5.74) is 5.75. The minimum atomic E-state index is -0.923. The summed E-state index contributed by atoms with van der Waals surface area (Å²) >= 11 is 5.73. The van der Waals surface area contributed by atoms with E-state index in [1.165, 1.54) is 12.3 Å². The molecule has 1 aromatic rings. The number of hydrogen-bond donors (Lipinski definition) is 2. The second-order valence-corrected chi connectivity index (χ2v) is 5.09. The van der Waals surface area contributed by atoms with Gasteiger partial charge in [0.2, 0.25) is 0 Å². The number of carbonyl (C=O) groups is 1. The molecule has 0 aliphatic rings. The molecule has 0 aliphatic carbocycles. The van der Waals surface area contributed by atoms with E-state index in [-0.39, 0.29) is 16.7 Å². The third-order valence-electron chi connectivity index (χ3n) is 1.81. The summed E-state index contributed by atoms with van der Waals surface area (Å²) in [5, 5.41) is 2.85. The molecule has 0 radical (unpaired) electrons. The number of anilines is 1. The molecule has 16 heavy (non-hydrogen) atoms. The fourth-order valence-electron chi connectivity index (χ4n) is 0.983. The molecule has 0 aliphatic heterocycles. The largest absolute Gasteiger partial charge is 0.382 e. The molecule has 1 aromatic heterocycles. The van der Waals surface area contributed by atoms with Gasteiger partial charge in [-0.1, -0.05) is 11.6 Å². The van der Waals surface area contributed by atoms with Crippen molar-refractivity contribution in [2.24, 2.45) is 0 Å². The third-order valence-corrected chi connectivity index (χ3v) is 2.89. The summed E-state index contributed by atoms with van der Waals surface area (Å²) in [5.74, 6) is 0.301. The first-order valence-corrected chi connectivity index (χ1v) is 6.60. The molecular formula is C9H12ClN3O2S. The predicted molar refractivity (Wildman–Crippen MR) is 64.9 cm³/mol. The Hall–Kier alpha value is -1.14. The fraction of sp³-hybridized carbons (Fsp3) is 0.333. The van der Waals surface area contributed by atoms with Crippen LogP contribution in [0, 0.1) is 0 Å². The third kappa shape index (κ3) is 3.79. The van der Waals surface area contributed by atoms with Crippen molar-refractivity contribution in [3.05, 3.63) is 22.8 Å². The average molecular weight is 262 g/mol. The monoisotopic (exact) mass is 261 g/mol. The quantitative estimate of drug-likeness (QED) is 0.823. The summed E-state index contributed by atoms with van der Waals surface area (Å²) in [4.78, 5) is 15.3. The van der Waals surface area contributed by atoms with E-state index in [1.54, 1.807) is 6.26 Å². The first-order valence-electron chi connectivity index (χ1n) is 4.50. The van der Waals surface area contributed by atoms with E-state index in [0.717, 1.165) is 0 Å². The van der Waals surface area contributed by atoms with Crippen molar-refractivity contribution >= 4 is 34.1 Å². The lowest BCUT2D eigenvalue weighted by molar-refractivity contribution is 0.0956. The number of halogens is 1. The maximum absolute atomic E-state index is 11.5. The van der Waals surface area contributed by atoms with Crippen LogP contribution in [0.1, 0.15) is 10.4 Å². The average Bonchev–Trinajstić information content (AvgIpc) is 2.21.